The minimum absolute atomic E-state index is 0.0652. The lowest BCUT2D eigenvalue weighted by Gasteiger charge is -2.25. The number of nitrogens with two attached hydrogens (primary N) is 1. The minimum atomic E-state index is -1.03. The number of hydrogen-bond acceptors (Lipinski definition) is 8. The second-order valence-electron chi connectivity index (χ2n) is 7.91. The summed E-state index contributed by atoms with van der Waals surface area (Å²) < 4.78 is 17.9. The van der Waals surface area contributed by atoms with Gasteiger partial charge in [0.2, 0.25) is 0 Å². The molecule has 4 aromatic rings. The Morgan fingerprint density at radius 3 is 2.51 bits per heavy atom. The van der Waals surface area contributed by atoms with Crippen molar-refractivity contribution in [2.24, 2.45) is 5.73 Å². The molecule has 3 N–H and O–H groups in total. The van der Waals surface area contributed by atoms with Crippen LogP contribution in [0.5, 0.6) is 0 Å². The number of esters is 1. The number of rotatable bonds is 6. The van der Waals surface area contributed by atoms with Gasteiger partial charge < -0.3 is 24.6 Å². The van der Waals surface area contributed by atoms with Crippen molar-refractivity contribution in [2.75, 3.05) is 11.9 Å². The number of benzene rings is 1. The number of fused-ring (bicyclic) bond motifs is 1. The number of halogens is 1. The molecule has 0 radical (unpaired) electrons. The lowest BCUT2D eigenvalue weighted by molar-refractivity contribution is -0.138. The van der Waals surface area contributed by atoms with Gasteiger partial charge in [0.05, 0.1) is 40.7 Å². The maximum Gasteiger partial charge on any atom is 0.338 e. The van der Waals surface area contributed by atoms with Crippen molar-refractivity contribution in [1.29, 1.82) is 0 Å². The van der Waals surface area contributed by atoms with Gasteiger partial charge in [-0.3, -0.25) is 14.2 Å². The van der Waals surface area contributed by atoms with Gasteiger partial charge in [0.1, 0.15) is 22.0 Å². The molecule has 4 heterocycles. The number of thiazole rings is 1. The molecule has 188 valence electrons. The number of furan rings is 2. The zero-order valence-electron chi connectivity index (χ0n) is 19.4. The van der Waals surface area contributed by atoms with Gasteiger partial charge in [0.25, 0.3) is 11.5 Å². The molecule has 37 heavy (non-hydrogen) atoms. The van der Waals surface area contributed by atoms with Gasteiger partial charge in [0, 0.05) is 16.8 Å². The van der Waals surface area contributed by atoms with Crippen LogP contribution in [-0.4, -0.2) is 23.1 Å². The second kappa shape index (κ2) is 10.00. The summed E-state index contributed by atoms with van der Waals surface area (Å²) in [5.41, 5.74) is 6.43. The molecule has 1 unspecified atom stereocenters. The molecular formula is C26H20ClN3O6S. The van der Waals surface area contributed by atoms with E-state index in [9.17, 15) is 14.4 Å². The fourth-order valence-corrected chi connectivity index (χ4v) is 5.33. The summed E-state index contributed by atoms with van der Waals surface area (Å²) >= 11 is 7.03. The van der Waals surface area contributed by atoms with Crippen LogP contribution in [-0.2, 0) is 14.3 Å². The number of carbonyl (C=O) groups is 2. The molecular weight excluding hydrogens is 518 g/mol. The third-order valence-electron chi connectivity index (χ3n) is 5.63. The number of ether oxygens (including phenoxy) is 1. The summed E-state index contributed by atoms with van der Waals surface area (Å²) in [4.78, 5) is 40.5. The average molecular weight is 538 g/mol. The molecule has 1 aliphatic heterocycles. The number of carbonyl (C=O) groups excluding carboxylic acids is 2. The lowest BCUT2D eigenvalue weighted by Crippen LogP contribution is -2.42. The van der Waals surface area contributed by atoms with Gasteiger partial charge in [-0.1, -0.05) is 11.6 Å². The Morgan fingerprint density at radius 1 is 1.14 bits per heavy atom. The normalized spacial score (nSPS) is 15.6. The van der Waals surface area contributed by atoms with Crippen molar-refractivity contribution in [2.45, 2.75) is 12.8 Å². The van der Waals surface area contributed by atoms with E-state index < -0.39 is 23.4 Å². The Morgan fingerprint density at radius 2 is 1.86 bits per heavy atom. The quantitative estimate of drug-likeness (QED) is 0.362. The van der Waals surface area contributed by atoms with Gasteiger partial charge in [0.15, 0.2) is 0 Å². The molecule has 3 aromatic heterocycles. The van der Waals surface area contributed by atoms with Crippen LogP contribution in [0.3, 0.4) is 0 Å². The van der Waals surface area contributed by atoms with E-state index in [0.29, 0.717) is 16.5 Å². The van der Waals surface area contributed by atoms with Crippen molar-refractivity contribution in [3.8, 4) is 0 Å². The van der Waals surface area contributed by atoms with E-state index in [0.717, 1.165) is 15.9 Å². The summed E-state index contributed by atoms with van der Waals surface area (Å²) in [5, 5.41) is 3.33. The van der Waals surface area contributed by atoms with Crippen molar-refractivity contribution >= 4 is 58.0 Å². The standard InChI is InChI=1S/C26H20ClN3O6S/c1-2-34-26(33)20-19(17-6-4-12-36-17)21(23(31)29-15-9-7-14(27)8-10-15)25-30(22(20)28)24(32)18(37-25)13-16-5-3-11-35-16/h3-13,19H,2,28H2,1H3,(H,29,31)/b18-13-. The fraction of sp³-hybridized carbons (Fsp3) is 0.115. The Kier molecular flexibility index (Phi) is 6.60. The van der Waals surface area contributed by atoms with Crippen LogP contribution < -0.4 is 25.8 Å². The number of amides is 1. The molecule has 1 aromatic carbocycles. The Bertz CT molecular complexity index is 1680. The van der Waals surface area contributed by atoms with Crippen LogP contribution in [0, 0.1) is 0 Å². The predicted molar refractivity (Wildman–Crippen MR) is 139 cm³/mol. The maximum absolute atomic E-state index is 13.8. The molecule has 0 fully saturated rings. The summed E-state index contributed by atoms with van der Waals surface area (Å²) in [6, 6.07) is 13.2. The Balaban J connectivity index is 1.80. The van der Waals surface area contributed by atoms with Crippen molar-refractivity contribution in [3.05, 3.63) is 103 Å². The number of anilines is 1. The summed E-state index contributed by atoms with van der Waals surface area (Å²) in [6.07, 6.45) is 4.45. The van der Waals surface area contributed by atoms with Crippen LogP contribution in [0.2, 0.25) is 5.02 Å². The van der Waals surface area contributed by atoms with E-state index in [2.05, 4.69) is 5.32 Å². The molecule has 0 spiro atoms. The van der Waals surface area contributed by atoms with Crippen LogP contribution in [0.25, 0.3) is 17.5 Å². The van der Waals surface area contributed by atoms with E-state index in [4.69, 9.17) is 30.9 Å². The third kappa shape index (κ3) is 4.52. The molecule has 0 bridgehead atoms. The topological polar surface area (TPSA) is 130 Å². The van der Waals surface area contributed by atoms with Crippen molar-refractivity contribution < 1.29 is 23.2 Å². The molecule has 5 rings (SSSR count). The smallest absolute Gasteiger partial charge is 0.338 e. The van der Waals surface area contributed by atoms with E-state index in [1.165, 1.54) is 12.5 Å². The van der Waals surface area contributed by atoms with E-state index in [1.54, 1.807) is 61.5 Å². The molecule has 1 amide bonds. The van der Waals surface area contributed by atoms with Crippen LogP contribution in [0.15, 0.2) is 80.3 Å². The third-order valence-corrected chi connectivity index (χ3v) is 6.99. The summed E-state index contributed by atoms with van der Waals surface area (Å²) in [6.45, 7) is 1.71. The summed E-state index contributed by atoms with van der Waals surface area (Å²) in [7, 11) is 0. The molecule has 0 saturated heterocycles. The number of aromatic nitrogens is 1. The molecule has 1 atom stereocenters. The van der Waals surface area contributed by atoms with E-state index >= 15 is 0 Å². The fourth-order valence-electron chi connectivity index (χ4n) is 4.05. The van der Waals surface area contributed by atoms with Crippen LogP contribution >= 0.6 is 22.9 Å². The predicted octanol–water partition coefficient (Wildman–Crippen LogP) is 2.86. The minimum Gasteiger partial charge on any atom is -0.468 e. The molecule has 1 aliphatic rings. The highest BCUT2D eigenvalue weighted by Gasteiger charge is 2.40. The average Bonchev–Trinajstić information content (AvgIpc) is 3.64. The highest BCUT2D eigenvalue weighted by molar-refractivity contribution is 7.07. The van der Waals surface area contributed by atoms with E-state index in [1.807, 2.05) is 0 Å². The molecule has 11 heteroatoms. The first kappa shape index (κ1) is 24.4. The Hall–Kier alpha value is -4.28. The molecule has 0 aliphatic carbocycles. The van der Waals surface area contributed by atoms with Gasteiger partial charge >= 0.3 is 5.97 Å². The van der Waals surface area contributed by atoms with E-state index in [-0.39, 0.29) is 38.5 Å². The van der Waals surface area contributed by atoms with Gasteiger partial charge in [-0.2, -0.15) is 0 Å². The molecule has 0 saturated carbocycles. The zero-order chi connectivity index (χ0) is 26.1. The monoisotopic (exact) mass is 537 g/mol. The van der Waals surface area contributed by atoms with Gasteiger partial charge in [-0.25, -0.2) is 4.79 Å². The maximum atomic E-state index is 13.8. The first-order valence-corrected chi connectivity index (χ1v) is 12.4. The first-order valence-electron chi connectivity index (χ1n) is 11.2. The van der Waals surface area contributed by atoms with Crippen molar-refractivity contribution in [3.63, 3.8) is 0 Å². The summed E-state index contributed by atoms with van der Waals surface area (Å²) in [5.74, 6) is -1.76. The second-order valence-corrected chi connectivity index (χ2v) is 9.38. The SMILES string of the molecule is CCOC(=O)C1=C(N)n2c(s/c(=C\c3ccco3)c2=O)=C(C(=O)Nc2ccc(Cl)cc2)C1c1ccco1. The zero-order valence-corrected chi connectivity index (χ0v) is 21.0. The van der Waals surface area contributed by atoms with Gasteiger partial charge in [-0.15, -0.1) is 11.3 Å². The van der Waals surface area contributed by atoms with Crippen LogP contribution in [0.1, 0.15) is 24.4 Å². The Labute approximate surface area is 218 Å². The van der Waals surface area contributed by atoms with Gasteiger partial charge in [-0.05, 0) is 55.5 Å². The lowest BCUT2D eigenvalue weighted by atomic mass is 9.86. The van der Waals surface area contributed by atoms with Crippen LogP contribution in [0.4, 0.5) is 5.69 Å². The van der Waals surface area contributed by atoms with Crippen molar-refractivity contribution in [1.82, 2.24) is 4.57 Å². The molecule has 9 nitrogen and oxygen atoms in total. The largest absolute Gasteiger partial charge is 0.468 e. The highest BCUT2D eigenvalue weighted by atomic mass is 35.5. The number of nitrogens with one attached hydrogen (secondary N) is 1. The number of nitrogens with zero attached hydrogens (tertiary/aromatic N) is 1. The first-order chi connectivity index (χ1) is 17.9. The number of hydrogen-bond donors (Lipinski definition) is 2. The highest BCUT2D eigenvalue weighted by Crippen LogP contribution is 2.38.